The van der Waals surface area contributed by atoms with Gasteiger partial charge in [-0.1, -0.05) is 11.6 Å². The van der Waals surface area contributed by atoms with Crippen LogP contribution >= 0.6 is 45.5 Å². The summed E-state index contributed by atoms with van der Waals surface area (Å²) in [5.74, 6) is -0.398. The molecule has 0 fully saturated rings. The summed E-state index contributed by atoms with van der Waals surface area (Å²) < 4.78 is 1.11. The van der Waals surface area contributed by atoms with Crippen molar-refractivity contribution in [2.45, 2.75) is 6.54 Å². The normalized spacial score (nSPS) is 10.3. The first-order valence-corrected chi connectivity index (χ1v) is 7.46. The van der Waals surface area contributed by atoms with Gasteiger partial charge in [-0.15, -0.1) is 11.3 Å². The van der Waals surface area contributed by atoms with Gasteiger partial charge in [0.15, 0.2) is 0 Å². The molecule has 0 aliphatic heterocycles. The third kappa shape index (κ3) is 3.37. The zero-order chi connectivity index (χ0) is 13.1. The van der Waals surface area contributed by atoms with Crippen LogP contribution in [0, 0.1) is 3.57 Å². The molecule has 3 N–H and O–H groups in total. The number of nitrogens with two attached hydrogens (primary N) is 1. The van der Waals surface area contributed by atoms with Gasteiger partial charge in [-0.25, -0.2) is 0 Å². The SMILES string of the molecule is NC(=O)c1csc(CNc2cc(I)ccc2Cl)c1. The lowest BCUT2D eigenvalue weighted by molar-refractivity contribution is 0.100. The molecular weight excluding hydrogens is 383 g/mol. The third-order valence-electron chi connectivity index (χ3n) is 2.32. The van der Waals surface area contributed by atoms with E-state index in [9.17, 15) is 4.79 Å². The highest BCUT2D eigenvalue weighted by molar-refractivity contribution is 14.1. The van der Waals surface area contributed by atoms with Crippen molar-refractivity contribution in [2.24, 2.45) is 5.73 Å². The van der Waals surface area contributed by atoms with Crippen LogP contribution in [0.5, 0.6) is 0 Å². The molecule has 3 nitrogen and oxygen atoms in total. The van der Waals surface area contributed by atoms with E-state index in [2.05, 4.69) is 27.9 Å². The second-order valence-corrected chi connectivity index (χ2v) is 6.29. The maximum Gasteiger partial charge on any atom is 0.249 e. The summed E-state index contributed by atoms with van der Waals surface area (Å²) in [6, 6.07) is 7.58. The van der Waals surface area contributed by atoms with E-state index in [1.165, 1.54) is 11.3 Å². The van der Waals surface area contributed by atoms with Gasteiger partial charge in [0.1, 0.15) is 0 Å². The summed E-state index contributed by atoms with van der Waals surface area (Å²) in [4.78, 5) is 12.0. The molecule has 18 heavy (non-hydrogen) atoms. The zero-order valence-corrected chi connectivity index (χ0v) is 13.0. The standard InChI is InChI=1S/C12H10ClIN2OS/c13-10-2-1-8(14)4-11(10)16-5-9-3-7(6-18-9)12(15)17/h1-4,6,16H,5H2,(H2,15,17). The largest absolute Gasteiger partial charge is 0.379 e. The van der Waals surface area contributed by atoms with Crippen LogP contribution in [-0.2, 0) is 6.54 Å². The van der Waals surface area contributed by atoms with E-state index in [0.717, 1.165) is 14.1 Å². The quantitative estimate of drug-likeness (QED) is 0.779. The van der Waals surface area contributed by atoms with E-state index < -0.39 is 5.91 Å². The number of hydrogen-bond donors (Lipinski definition) is 2. The molecule has 2 aromatic rings. The van der Waals surface area contributed by atoms with Crippen molar-refractivity contribution < 1.29 is 4.79 Å². The second kappa shape index (κ2) is 5.90. The molecular formula is C12H10ClIN2OS. The second-order valence-electron chi connectivity index (χ2n) is 3.64. The Morgan fingerprint density at radius 3 is 2.89 bits per heavy atom. The predicted molar refractivity (Wildman–Crippen MR) is 84.3 cm³/mol. The Balaban J connectivity index is 2.06. The Bertz CT molecular complexity index is 585. The zero-order valence-electron chi connectivity index (χ0n) is 9.24. The summed E-state index contributed by atoms with van der Waals surface area (Å²) in [5.41, 5.74) is 6.64. The van der Waals surface area contributed by atoms with Crippen LogP contribution in [0.4, 0.5) is 5.69 Å². The minimum Gasteiger partial charge on any atom is -0.379 e. The van der Waals surface area contributed by atoms with Gasteiger partial charge in [0.2, 0.25) is 5.91 Å². The van der Waals surface area contributed by atoms with E-state index in [0.29, 0.717) is 17.1 Å². The number of thiophene rings is 1. The van der Waals surface area contributed by atoms with Gasteiger partial charge in [-0.3, -0.25) is 4.79 Å². The number of primary amides is 1. The number of halogens is 2. The highest BCUT2D eigenvalue weighted by Crippen LogP contribution is 2.25. The van der Waals surface area contributed by atoms with Gasteiger partial charge in [-0.05, 0) is 46.9 Å². The summed E-state index contributed by atoms with van der Waals surface area (Å²) in [7, 11) is 0. The van der Waals surface area contributed by atoms with E-state index in [1.807, 2.05) is 18.2 Å². The van der Waals surface area contributed by atoms with E-state index in [1.54, 1.807) is 11.4 Å². The van der Waals surface area contributed by atoms with Crippen LogP contribution in [0.15, 0.2) is 29.6 Å². The van der Waals surface area contributed by atoms with Crippen LogP contribution in [0.2, 0.25) is 5.02 Å². The summed E-state index contributed by atoms with van der Waals surface area (Å²) in [6.07, 6.45) is 0. The Kier molecular flexibility index (Phi) is 4.47. The number of amides is 1. The minimum atomic E-state index is -0.398. The number of carbonyl (C=O) groups is 1. The molecule has 1 aromatic heterocycles. The Labute approximate surface area is 127 Å². The maximum atomic E-state index is 11.0. The molecule has 0 unspecified atom stereocenters. The fourth-order valence-corrected chi connectivity index (χ4v) is 2.91. The summed E-state index contributed by atoms with van der Waals surface area (Å²) >= 11 is 9.81. The van der Waals surface area contributed by atoms with Crippen LogP contribution in [0.1, 0.15) is 15.2 Å². The lowest BCUT2D eigenvalue weighted by Gasteiger charge is -2.07. The maximum absolute atomic E-state index is 11.0. The van der Waals surface area contributed by atoms with Crippen molar-refractivity contribution in [1.82, 2.24) is 0 Å². The topological polar surface area (TPSA) is 55.1 Å². The molecule has 0 spiro atoms. The van der Waals surface area contributed by atoms with Crippen molar-refractivity contribution in [3.63, 3.8) is 0 Å². The number of rotatable bonds is 4. The van der Waals surface area contributed by atoms with Gasteiger partial charge in [-0.2, -0.15) is 0 Å². The fourth-order valence-electron chi connectivity index (χ4n) is 1.42. The molecule has 0 saturated carbocycles. The van der Waals surface area contributed by atoms with Crippen molar-refractivity contribution in [1.29, 1.82) is 0 Å². The molecule has 2 rings (SSSR count). The molecule has 0 bridgehead atoms. The van der Waals surface area contributed by atoms with Crippen molar-refractivity contribution in [2.75, 3.05) is 5.32 Å². The smallest absolute Gasteiger partial charge is 0.249 e. The average Bonchev–Trinajstić information content (AvgIpc) is 2.79. The lowest BCUT2D eigenvalue weighted by Crippen LogP contribution is -2.09. The van der Waals surface area contributed by atoms with Gasteiger partial charge in [0.25, 0.3) is 0 Å². The minimum absolute atomic E-state index is 0.398. The van der Waals surface area contributed by atoms with Crippen LogP contribution in [0.25, 0.3) is 0 Å². The Hall–Kier alpha value is -0.790. The average molecular weight is 393 g/mol. The monoisotopic (exact) mass is 392 g/mol. The van der Waals surface area contributed by atoms with E-state index >= 15 is 0 Å². The molecule has 0 aliphatic carbocycles. The number of hydrogen-bond acceptors (Lipinski definition) is 3. The third-order valence-corrected chi connectivity index (χ3v) is 4.26. The van der Waals surface area contributed by atoms with E-state index in [-0.39, 0.29) is 0 Å². The highest BCUT2D eigenvalue weighted by Gasteiger charge is 2.06. The van der Waals surface area contributed by atoms with Crippen molar-refractivity contribution >= 4 is 57.1 Å². The Morgan fingerprint density at radius 1 is 1.44 bits per heavy atom. The summed E-state index contributed by atoms with van der Waals surface area (Å²) in [6.45, 7) is 0.623. The van der Waals surface area contributed by atoms with Crippen molar-refractivity contribution in [3.05, 3.63) is 48.7 Å². The molecule has 1 aromatic carbocycles. The molecule has 0 aliphatic rings. The first-order valence-electron chi connectivity index (χ1n) is 5.12. The molecule has 0 saturated heterocycles. The molecule has 6 heteroatoms. The molecule has 1 heterocycles. The van der Waals surface area contributed by atoms with Gasteiger partial charge < -0.3 is 11.1 Å². The van der Waals surface area contributed by atoms with E-state index in [4.69, 9.17) is 17.3 Å². The molecule has 0 radical (unpaired) electrons. The number of nitrogens with one attached hydrogen (secondary N) is 1. The molecule has 0 atom stereocenters. The fraction of sp³-hybridized carbons (Fsp3) is 0.0833. The highest BCUT2D eigenvalue weighted by atomic mass is 127. The Morgan fingerprint density at radius 2 is 2.22 bits per heavy atom. The number of anilines is 1. The van der Waals surface area contributed by atoms with Gasteiger partial charge >= 0.3 is 0 Å². The van der Waals surface area contributed by atoms with Crippen LogP contribution in [-0.4, -0.2) is 5.91 Å². The number of benzene rings is 1. The van der Waals surface area contributed by atoms with Crippen LogP contribution < -0.4 is 11.1 Å². The van der Waals surface area contributed by atoms with Crippen molar-refractivity contribution in [3.8, 4) is 0 Å². The summed E-state index contributed by atoms with van der Waals surface area (Å²) in [5, 5.41) is 5.69. The van der Waals surface area contributed by atoms with Gasteiger partial charge in [0, 0.05) is 20.4 Å². The number of carbonyl (C=O) groups excluding carboxylic acids is 1. The molecule has 1 amide bonds. The lowest BCUT2D eigenvalue weighted by atomic mass is 10.3. The van der Waals surface area contributed by atoms with Crippen LogP contribution in [0.3, 0.4) is 0 Å². The van der Waals surface area contributed by atoms with Gasteiger partial charge in [0.05, 0.1) is 16.3 Å². The first-order chi connectivity index (χ1) is 8.56. The first kappa shape index (κ1) is 13.6. The molecule has 94 valence electrons. The predicted octanol–water partition coefficient (Wildman–Crippen LogP) is 3.72.